The quantitative estimate of drug-likeness (QED) is 0.762. The maximum absolute atomic E-state index is 11.9. The number of aliphatic carboxylic acids is 1. The lowest BCUT2D eigenvalue weighted by atomic mass is 10.1. The topological polar surface area (TPSA) is 78.9 Å². The molecule has 1 fully saturated rings. The summed E-state index contributed by atoms with van der Waals surface area (Å²) in [7, 11) is 1.56. The normalized spacial score (nSPS) is 20.4. The van der Waals surface area contributed by atoms with Crippen molar-refractivity contribution in [1.29, 1.82) is 0 Å². The molecular formula is C11H20N2O4. The summed E-state index contributed by atoms with van der Waals surface area (Å²) in [5, 5.41) is 11.8. The van der Waals surface area contributed by atoms with E-state index in [1.807, 2.05) is 13.8 Å². The smallest absolute Gasteiger partial charge is 0.326 e. The van der Waals surface area contributed by atoms with Gasteiger partial charge in [-0.2, -0.15) is 0 Å². The molecule has 1 unspecified atom stereocenters. The van der Waals surface area contributed by atoms with Crippen LogP contribution in [0.15, 0.2) is 0 Å². The number of amides is 2. The summed E-state index contributed by atoms with van der Waals surface area (Å²) in [5.41, 5.74) is -0.503. The van der Waals surface area contributed by atoms with E-state index in [0.717, 1.165) is 6.42 Å². The fourth-order valence-corrected chi connectivity index (χ4v) is 2.02. The maximum Gasteiger partial charge on any atom is 0.326 e. The zero-order valence-electron chi connectivity index (χ0n) is 10.5. The van der Waals surface area contributed by atoms with Gasteiger partial charge in [0.25, 0.3) is 0 Å². The van der Waals surface area contributed by atoms with E-state index >= 15 is 0 Å². The van der Waals surface area contributed by atoms with Gasteiger partial charge >= 0.3 is 12.0 Å². The molecular weight excluding hydrogens is 224 g/mol. The van der Waals surface area contributed by atoms with Gasteiger partial charge in [0.05, 0.1) is 12.1 Å². The molecule has 0 bridgehead atoms. The van der Waals surface area contributed by atoms with Gasteiger partial charge in [-0.1, -0.05) is 0 Å². The molecule has 1 heterocycles. The predicted molar refractivity (Wildman–Crippen MR) is 61.9 cm³/mol. The third-order valence-corrected chi connectivity index (χ3v) is 2.75. The van der Waals surface area contributed by atoms with Gasteiger partial charge in [-0.25, -0.2) is 9.59 Å². The first-order chi connectivity index (χ1) is 7.87. The van der Waals surface area contributed by atoms with Crippen LogP contribution in [0, 0.1) is 0 Å². The number of carbonyl (C=O) groups is 2. The van der Waals surface area contributed by atoms with Crippen LogP contribution in [0.1, 0.15) is 26.7 Å². The molecule has 2 N–H and O–H groups in total. The van der Waals surface area contributed by atoms with Gasteiger partial charge in [-0.3, -0.25) is 0 Å². The minimum absolute atomic E-state index is 0.336. The molecule has 6 nitrogen and oxygen atoms in total. The van der Waals surface area contributed by atoms with Crippen LogP contribution >= 0.6 is 0 Å². The van der Waals surface area contributed by atoms with Crippen molar-refractivity contribution < 1.29 is 19.4 Å². The lowest BCUT2D eigenvalue weighted by Gasteiger charge is -2.30. The second-order valence-electron chi connectivity index (χ2n) is 4.94. The van der Waals surface area contributed by atoms with Crippen molar-refractivity contribution in [3.63, 3.8) is 0 Å². The SMILES string of the molecule is COCC(C)(C)NC(=O)N1CCCC1C(=O)O. The highest BCUT2D eigenvalue weighted by Crippen LogP contribution is 2.18. The van der Waals surface area contributed by atoms with Crippen molar-refractivity contribution >= 4 is 12.0 Å². The van der Waals surface area contributed by atoms with Crippen molar-refractivity contribution in [3.05, 3.63) is 0 Å². The number of carboxylic acids is 1. The third-order valence-electron chi connectivity index (χ3n) is 2.75. The molecule has 0 aromatic carbocycles. The highest BCUT2D eigenvalue weighted by molar-refractivity contribution is 5.83. The molecule has 1 aliphatic rings. The molecule has 0 aromatic rings. The first kappa shape index (κ1) is 13.8. The molecule has 1 saturated heterocycles. The number of rotatable bonds is 4. The van der Waals surface area contributed by atoms with Gasteiger partial charge in [-0.05, 0) is 26.7 Å². The highest BCUT2D eigenvalue weighted by Gasteiger charge is 2.35. The Bertz CT molecular complexity index is 304. The van der Waals surface area contributed by atoms with E-state index in [2.05, 4.69) is 5.32 Å². The monoisotopic (exact) mass is 244 g/mol. The van der Waals surface area contributed by atoms with Crippen molar-refractivity contribution in [3.8, 4) is 0 Å². The number of carbonyl (C=O) groups excluding carboxylic acids is 1. The minimum Gasteiger partial charge on any atom is -0.480 e. The van der Waals surface area contributed by atoms with Crippen LogP contribution in [0.4, 0.5) is 4.79 Å². The summed E-state index contributed by atoms with van der Waals surface area (Å²) in [6.07, 6.45) is 1.25. The molecule has 2 amide bonds. The Hall–Kier alpha value is -1.30. The number of methoxy groups -OCH3 is 1. The van der Waals surface area contributed by atoms with E-state index in [4.69, 9.17) is 9.84 Å². The maximum atomic E-state index is 11.9. The number of hydrogen-bond donors (Lipinski definition) is 2. The lowest BCUT2D eigenvalue weighted by Crippen LogP contribution is -2.54. The van der Waals surface area contributed by atoms with Gasteiger partial charge in [-0.15, -0.1) is 0 Å². The first-order valence-corrected chi connectivity index (χ1v) is 5.68. The molecule has 1 aliphatic heterocycles. The van der Waals surface area contributed by atoms with Crippen LogP contribution in [0.3, 0.4) is 0 Å². The number of carboxylic acid groups (broad SMARTS) is 1. The van der Waals surface area contributed by atoms with Crippen LogP contribution in [-0.4, -0.2) is 53.8 Å². The summed E-state index contributed by atoms with van der Waals surface area (Å²) >= 11 is 0. The molecule has 1 rings (SSSR count). The Labute approximate surface area is 101 Å². The summed E-state index contributed by atoms with van der Waals surface area (Å²) in [6.45, 7) is 4.54. The fraction of sp³-hybridized carbons (Fsp3) is 0.818. The van der Waals surface area contributed by atoms with Crippen molar-refractivity contribution in [1.82, 2.24) is 10.2 Å². The van der Waals surface area contributed by atoms with Crippen LogP contribution in [0.2, 0.25) is 0 Å². The number of hydrogen-bond acceptors (Lipinski definition) is 3. The Morgan fingerprint density at radius 1 is 1.53 bits per heavy atom. The Morgan fingerprint density at radius 3 is 2.71 bits per heavy atom. The van der Waals surface area contributed by atoms with Crippen LogP contribution < -0.4 is 5.32 Å². The second-order valence-corrected chi connectivity index (χ2v) is 4.94. The van der Waals surface area contributed by atoms with Gasteiger partial charge in [0.15, 0.2) is 0 Å². The molecule has 0 aromatic heterocycles. The molecule has 0 radical (unpaired) electrons. The number of ether oxygens (including phenoxy) is 1. The molecule has 1 atom stereocenters. The minimum atomic E-state index is -0.942. The summed E-state index contributed by atoms with van der Waals surface area (Å²) in [6, 6.07) is -1.04. The summed E-state index contributed by atoms with van der Waals surface area (Å²) < 4.78 is 4.99. The number of urea groups is 1. The van der Waals surface area contributed by atoms with E-state index in [1.165, 1.54) is 4.90 Å². The molecule has 6 heteroatoms. The molecule has 0 aliphatic carbocycles. The highest BCUT2D eigenvalue weighted by atomic mass is 16.5. The molecule has 17 heavy (non-hydrogen) atoms. The standard InChI is InChI=1S/C11H20N2O4/c1-11(2,7-17-3)12-10(16)13-6-4-5-8(13)9(14)15/h8H,4-7H2,1-3H3,(H,12,16)(H,14,15). The van der Waals surface area contributed by atoms with Crippen molar-refractivity contribution in [2.75, 3.05) is 20.3 Å². The van der Waals surface area contributed by atoms with Gasteiger partial charge in [0.1, 0.15) is 6.04 Å². The average molecular weight is 244 g/mol. The number of nitrogens with zero attached hydrogens (tertiary/aromatic N) is 1. The zero-order chi connectivity index (χ0) is 13.1. The summed E-state index contributed by atoms with van der Waals surface area (Å²) in [5.74, 6) is -0.942. The van der Waals surface area contributed by atoms with Crippen LogP contribution in [-0.2, 0) is 9.53 Å². The zero-order valence-corrected chi connectivity index (χ0v) is 10.5. The van der Waals surface area contributed by atoms with Gasteiger partial charge in [0, 0.05) is 13.7 Å². The molecule has 98 valence electrons. The Balaban J connectivity index is 2.61. The largest absolute Gasteiger partial charge is 0.480 e. The Kier molecular flexibility index (Phi) is 4.34. The third kappa shape index (κ3) is 3.59. The van der Waals surface area contributed by atoms with E-state index in [0.29, 0.717) is 19.6 Å². The van der Waals surface area contributed by atoms with E-state index in [1.54, 1.807) is 7.11 Å². The van der Waals surface area contributed by atoms with Gasteiger partial charge in [0.2, 0.25) is 0 Å². The van der Waals surface area contributed by atoms with Gasteiger partial charge < -0.3 is 20.1 Å². The predicted octanol–water partition coefficient (Wildman–Crippen LogP) is 0.670. The van der Waals surface area contributed by atoms with Crippen LogP contribution in [0.5, 0.6) is 0 Å². The van der Waals surface area contributed by atoms with Crippen LogP contribution in [0.25, 0.3) is 0 Å². The van der Waals surface area contributed by atoms with Crippen molar-refractivity contribution in [2.45, 2.75) is 38.3 Å². The van der Waals surface area contributed by atoms with E-state index < -0.39 is 17.6 Å². The molecule has 0 saturated carbocycles. The fourth-order valence-electron chi connectivity index (χ4n) is 2.02. The lowest BCUT2D eigenvalue weighted by molar-refractivity contribution is -0.141. The van der Waals surface area contributed by atoms with Crippen molar-refractivity contribution in [2.24, 2.45) is 0 Å². The van der Waals surface area contributed by atoms with E-state index in [-0.39, 0.29) is 6.03 Å². The molecule has 0 spiro atoms. The number of likely N-dealkylation sites (tertiary alicyclic amines) is 1. The second kappa shape index (κ2) is 5.35. The summed E-state index contributed by atoms with van der Waals surface area (Å²) in [4.78, 5) is 24.3. The average Bonchev–Trinajstić information content (AvgIpc) is 2.64. The Morgan fingerprint density at radius 2 is 2.18 bits per heavy atom. The number of nitrogens with one attached hydrogen (secondary N) is 1. The first-order valence-electron chi connectivity index (χ1n) is 5.68. The van der Waals surface area contributed by atoms with E-state index in [9.17, 15) is 9.59 Å².